The number of rotatable bonds is 5. The lowest BCUT2D eigenvalue weighted by molar-refractivity contribution is -0.139. The molecule has 1 rings (SSSR count). The quantitative estimate of drug-likeness (QED) is 0.881. The summed E-state index contributed by atoms with van der Waals surface area (Å²) in [6.45, 7) is 1.54. The topological polar surface area (TPSA) is 21.3 Å². The summed E-state index contributed by atoms with van der Waals surface area (Å²) in [7, 11) is 1.78. The van der Waals surface area contributed by atoms with E-state index in [9.17, 15) is 13.2 Å². The van der Waals surface area contributed by atoms with Crippen molar-refractivity contribution < 1.29 is 17.9 Å². The van der Waals surface area contributed by atoms with Crippen LogP contribution in [0.25, 0.3) is 0 Å². The Labute approximate surface area is 113 Å². The van der Waals surface area contributed by atoms with Gasteiger partial charge in [-0.2, -0.15) is 13.2 Å². The van der Waals surface area contributed by atoms with Crippen molar-refractivity contribution in [2.45, 2.75) is 25.6 Å². The Kier molecular flexibility index (Phi) is 5.47. The van der Waals surface area contributed by atoms with Crippen molar-refractivity contribution >= 4 is 15.9 Å². The molecule has 0 bridgehead atoms. The molecule has 102 valence electrons. The first-order chi connectivity index (χ1) is 8.33. The van der Waals surface area contributed by atoms with Gasteiger partial charge in [-0.3, -0.25) is 0 Å². The molecule has 0 spiro atoms. The number of alkyl halides is 3. The average Bonchev–Trinajstić information content (AvgIpc) is 2.26. The highest BCUT2D eigenvalue weighted by atomic mass is 79.9. The van der Waals surface area contributed by atoms with E-state index in [-0.39, 0.29) is 12.6 Å². The van der Waals surface area contributed by atoms with Gasteiger partial charge in [0.2, 0.25) is 0 Å². The van der Waals surface area contributed by atoms with E-state index >= 15 is 0 Å². The van der Waals surface area contributed by atoms with Crippen LogP contribution in [0.1, 0.15) is 24.9 Å². The van der Waals surface area contributed by atoms with Crippen molar-refractivity contribution in [2.24, 2.45) is 0 Å². The minimum atomic E-state index is -4.19. The number of hydrogen-bond acceptors (Lipinski definition) is 2. The number of benzene rings is 1. The molecule has 0 saturated heterocycles. The van der Waals surface area contributed by atoms with Gasteiger partial charge in [0.05, 0.1) is 13.0 Å². The molecule has 1 aromatic carbocycles. The van der Waals surface area contributed by atoms with Crippen molar-refractivity contribution in [3.63, 3.8) is 0 Å². The highest BCUT2D eigenvalue weighted by Crippen LogP contribution is 2.29. The molecule has 0 aliphatic carbocycles. The van der Waals surface area contributed by atoms with Gasteiger partial charge in [0.25, 0.3) is 0 Å². The smallest absolute Gasteiger partial charge is 0.392 e. The van der Waals surface area contributed by atoms with Crippen molar-refractivity contribution in [2.75, 3.05) is 13.7 Å². The van der Waals surface area contributed by atoms with E-state index in [1.165, 1.54) is 0 Å². The summed E-state index contributed by atoms with van der Waals surface area (Å²) in [5.41, 5.74) is 0.836. The Hall–Kier alpha value is -0.750. The minimum absolute atomic E-state index is 0.0130. The number of hydrogen-bond donors (Lipinski definition) is 1. The molecule has 18 heavy (non-hydrogen) atoms. The maximum atomic E-state index is 12.1. The van der Waals surface area contributed by atoms with Crippen molar-refractivity contribution in [1.82, 2.24) is 5.32 Å². The van der Waals surface area contributed by atoms with Crippen LogP contribution in [0, 0.1) is 0 Å². The van der Waals surface area contributed by atoms with E-state index in [1.54, 1.807) is 13.1 Å². The lowest BCUT2D eigenvalue weighted by atomic mass is 10.1. The fourth-order valence-electron chi connectivity index (χ4n) is 1.42. The second-order valence-electron chi connectivity index (χ2n) is 3.91. The van der Waals surface area contributed by atoms with Crippen molar-refractivity contribution in [3.8, 4) is 5.75 Å². The van der Waals surface area contributed by atoms with Crippen LogP contribution in [0.5, 0.6) is 5.75 Å². The zero-order chi connectivity index (χ0) is 13.8. The number of ether oxygens (including phenoxy) is 1. The molecule has 1 N–H and O–H groups in total. The SMILES string of the molecule is CNC(C)c1ccc(Br)cc1OCCC(F)(F)F. The standard InChI is InChI=1S/C12H15BrF3NO/c1-8(17-2)10-4-3-9(13)7-11(10)18-6-5-12(14,15)16/h3-4,7-8,17H,5-6H2,1-2H3. The largest absolute Gasteiger partial charge is 0.493 e. The monoisotopic (exact) mass is 325 g/mol. The third kappa shape index (κ3) is 4.86. The van der Waals surface area contributed by atoms with E-state index in [0.29, 0.717) is 5.75 Å². The van der Waals surface area contributed by atoms with Gasteiger partial charge in [-0.1, -0.05) is 22.0 Å². The molecule has 2 nitrogen and oxygen atoms in total. The molecule has 0 amide bonds. The van der Waals surface area contributed by atoms with Gasteiger partial charge in [-0.05, 0) is 26.1 Å². The molecule has 0 aliphatic rings. The van der Waals surface area contributed by atoms with E-state index < -0.39 is 12.6 Å². The molecule has 0 radical (unpaired) electrons. The summed E-state index contributed by atoms with van der Waals surface area (Å²) >= 11 is 3.28. The van der Waals surface area contributed by atoms with Crippen LogP contribution in [0.2, 0.25) is 0 Å². The van der Waals surface area contributed by atoms with Gasteiger partial charge in [0.15, 0.2) is 0 Å². The predicted molar refractivity (Wildman–Crippen MR) is 67.8 cm³/mol. The molecule has 0 saturated carbocycles. The minimum Gasteiger partial charge on any atom is -0.493 e. The summed E-state index contributed by atoms with van der Waals surface area (Å²) in [6.07, 6.45) is -5.15. The first-order valence-corrected chi connectivity index (χ1v) is 6.29. The van der Waals surface area contributed by atoms with Gasteiger partial charge >= 0.3 is 6.18 Å². The highest BCUT2D eigenvalue weighted by Gasteiger charge is 2.27. The summed E-state index contributed by atoms with van der Waals surface area (Å²) in [6, 6.07) is 5.35. The van der Waals surface area contributed by atoms with Gasteiger partial charge in [-0.15, -0.1) is 0 Å². The normalized spacial score (nSPS) is 13.4. The van der Waals surface area contributed by atoms with E-state index in [0.717, 1.165) is 10.0 Å². The molecular formula is C12H15BrF3NO. The fraction of sp³-hybridized carbons (Fsp3) is 0.500. The zero-order valence-corrected chi connectivity index (χ0v) is 11.7. The van der Waals surface area contributed by atoms with E-state index in [2.05, 4.69) is 21.2 Å². The van der Waals surface area contributed by atoms with Crippen molar-refractivity contribution in [1.29, 1.82) is 0 Å². The Morgan fingerprint density at radius 3 is 2.61 bits per heavy atom. The lowest BCUT2D eigenvalue weighted by Crippen LogP contribution is -2.16. The molecule has 6 heteroatoms. The summed E-state index contributed by atoms with van der Waals surface area (Å²) < 4.78 is 42.2. The summed E-state index contributed by atoms with van der Waals surface area (Å²) in [5.74, 6) is 0.468. The lowest BCUT2D eigenvalue weighted by Gasteiger charge is -2.17. The number of nitrogens with one attached hydrogen (secondary N) is 1. The molecule has 0 heterocycles. The first-order valence-electron chi connectivity index (χ1n) is 5.50. The zero-order valence-electron chi connectivity index (χ0n) is 10.1. The molecule has 0 aliphatic heterocycles. The number of halogens is 4. The van der Waals surface area contributed by atoms with Crippen LogP contribution >= 0.6 is 15.9 Å². The van der Waals surface area contributed by atoms with Gasteiger partial charge < -0.3 is 10.1 Å². The Balaban J connectivity index is 2.76. The van der Waals surface area contributed by atoms with Crippen molar-refractivity contribution in [3.05, 3.63) is 28.2 Å². The van der Waals surface area contributed by atoms with Gasteiger partial charge in [0.1, 0.15) is 5.75 Å². The molecule has 0 fully saturated rings. The Bertz CT molecular complexity index is 395. The van der Waals surface area contributed by atoms with Crippen LogP contribution in [0.15, 0.2) is 22.7 Å². The van der Waals surface area contributed by atoms with Crippen LogP contribution in [0.3, 0.4) is 0 Å². The van der Waals surface area contributed by atoms with Gasteiger partial charge in [0, 0.05) is 16.1 Å². The molecule has 1 aromatic rings. The maximum absolute atomic E-state index is 12.1. The van der Waals surface area contributed by atoms with E-state index in [1.807, 2.05) is 19.1 Å². The van der Waals surface area contributed by atoms with Crippen LogP contribution in [0.4, 0.5) is 13.2 Å². The second-order valence-corrected chi connectivity index (χ2v) is 4.82. The third-order valence-electron chi connectivity index (χ3n) is 2.52. The fourth-order valence-corrected chi connectivity index (χ4v) is 1.76. The van der Waals surface area contributed by atoms with E-state index in [4.69, 9.17) is 4.74 Å². The van der Waals surface area contributed by atoms with Crippen LogP contribution < -0.4 is 10.1 Å². The molecular weight excluding hydrogens is 311 g/mol. The predicted octanol–water partition coefficient (Wildman–Crippen LogP) is 4.06. The first kappa shape index (κ1) is 15.3. The van der Waals surface area contributed by atoms with Crippen LogP contribution in [-0.4, -0.2) is 19.8 Å². The Morgan fingerprint density at radius 2 is 2.06 bits per heavy atom. The molecule has 1 atom stereocenters. The summed E-state index contributed by atoms with van der Waals surface area (Å²) in [5, 5.41) is 3.03. The third-order valence-corrected chi connectivity index (χ3v) is 3.01. The highest BCUT2D eigenvalue weighted by molar-refractivity contribution is 9.10. The molecule has 0 aromatic heterocycles. The second kappa shape index (κ2) is 6.43. The summed E-state index contributed by atoms with van der Waals surface area (Å²) in [4.78, 5) is 0. The maximum Gasteiger partial charge on any atom is 0.392 e. The van der Waals surface area contributed by atoms with Crippen LogP contribution in [-0.2, 0) is 0 Å². The van der Waals surface area contributed by atoms with Gasteiger partial charge in [-0.25, -0.2) is 0 Å². The molecule has 1 unspecified atom stereocenters. The average molecular weight is 326 g/mol. The Morgan fingerprint density at radius 1 is 1.39 bits per heavy atom.